The van der Waals surface area contributed by atoms with Crippen molar-refractivity contribution in [3.8, 4) is 0 Å². The highest BCUT2D eigenvalue weighted by molar-refractivity contribution is 8.00. The van der Waals surface area contributed by atoms with Crippen molar-refractivity contribution in [1.29, 1.82) is 0 Å². The van der Waals surface area contributed by atoms with Gasteiger partial charge >= 0.3 is 0 Å². The van der Waals surface area contributed by atoms with Crippen LogP contribution in [0, 0.1) is 18.3 Å². The molecular weight excluding hydrogens is 250 g/mol. The minimum Gasteiger partial charge on any atom is -0.327 e. The van der Waals surface area contributed by atoms with Crippen molar-refractivity contribution in [3.05, 3.63) is 29.8 Å². The molecule has 0 aliphatic heterocycles. The van der Waals surface area contributed by atoms with E-state index in [1.807, 2.05) is 11.8 Å². The van der Waals surface area contributed by atoms with Gasteiger partial charge in [0.05, 0.1) is 0 Å². The van der Waals surface area contributed by atoms with E-state index >= 15 is 0 Å². The fraction of sp³-hybridized carbons (Fsp3) is 0.647. The summed E-state index contributed by atoms with van der Waals surface area (Å²) in [4.78, 5) is 1.40. The van der Waals surface area contributed by atoms with Gasteiger partial charge < -0.3 is 5.73 Å². The molecule has 1 aliphatic rings. The van der Waals surface area contributed by atoms with Gasteiger partial charge in [-0.1, -0.05) is 39.0 Å². The zero-order chi connectivity index (χ0) is 14.0. The lowest BCUT2D eigenvalue weighted by Gasteiger charge is -2.40. The Morgan fingerprint density at radius 1 is 1.16 bits per heavy atom. The van der Waals surface area contributed by atoms with Gasteiger partial charge in [-0.05, 0) is 49.1 Å². The summed E-state index contributed by atoms with van der Waals surface area (Å²) in [6.45, 7) is 9.29. The van der Waals surface area contributed by atoms with Crippen LogP contribution >= 0.6 is 11.8 Å². The third kappa shape index (κ3) is 3.76. The Labute approximate surface area is 122 Å². The van der Waals surface area contributed by atoms with Crippen LogP contribution in [-0.4, -0.2) is 11.3 Å². The normalized spacial score (nSPS) is 28.4. The van der Waals surface area contributed by atoms with Crippen molar-refractivity contribution in [1.82, 2.24) is 0 Å². The van der Waals surface area contributed by atoms with Crippen molar-refractivity contribution < 1.29 is 0 Å². The van der Waals surface area contributed by atoms with Crippen LogP contribution < -0.4 is 5.73 Å². The SMILES string of the molecule is Cc1ccccc1SC1CC(C(C)(C)C)CCC1N. The van der Waals surface area contributed by atoms with Crippen LogP contribution in [0.1, 0.15) is 45.6 Å². The second kappa shape index (κ2) is 5.88. The smallest absolute Gasteiger partial charge is 0.0249 e. The third-order valence-electron chi connectivity index (χ3n) is 4.44. The number of hydrogen-bond acceptors (Lipinski definition) is 2. The van der Waals surface area contributed by atoms with Crippen LogP contribution in [0.15, 0.2) is 29.2 Å². The average Bonchev–Trinajstić information content (AvgIpc) is 2.33. The minimum atomic E-state index is 0.350. The number of thioether (sulfide) groups is 1. The Balaban J connectivity index is 2.08. The number of rotatable bonds is 2. The molecule has 1 nitrogen and oxygen atoms in total. The highest BCUT2D eigenvalue weighted by Crippen LogP contribution is 2.43. The molecule has 1 saturated carbocycles. The van der Waals surface area contributed by atoms with E-state index < -0.39 is 0 Å². The maximum atomic E-state index is 6.36. The molecule has 1 aliphatic carbocycles. The predicted molar refractivity (Wildman–Crippen MR) is 85.6 cm³/mol. The molecule has 1 aromatic rings. The summed E-state index contributed by atoms with van der Waals surface area (Å²) < 4.78 is 0. The van der Waals surface area contributed by atoms with E-state index in [1.54, 1.807) is 0 Å². The van der Waals surface area contributed by atoms with Gasteiger partial charge in [-0.2, -0.15) is 0 Å². The van der Waals surface area contributed by atoms with Gasteiger partial charge in [0.2, 0.25) is 0 Å². The van der Waals surface area contributed by atoms with E-state index in [9.17, 15) is 0 Å². The summed E-state index contributed by atoms with van der Waals surface area (Å²) in [6, 6.07) is 9.01. The van der Waals surface area contributed by atoms with Gasteiger partial charge in [-0.25, -0.2) is 0 Å². The topological polar surface area (TPSA) is 26.0 Å². The third-order valence-corrected chi connectivity index (χ3v) is 6.00. The molecule has 1 aromatic carbocycles. The maximum absolute atomic E-state index is 6.36. The lowest BCUT2D eigenvalue weighted by atomic mass is 9.71. The van der Waals surface area contributed by atoms with E-state index in [0.29, 0.717) is 16.7 Å². The van der Waals surface area contributed by atoms with Crippen LogP contribution in [-0.2, 0) is 0 Å². The van der Waals surface area contributed by atoms with Crippen LogP contribution in [0.5, 0.6) is 0 Å². The highest BCUT2D eigenvalue weighted by atomic mass is 32.2. The lowest BCUT2D eigenvalue weighted by Crippen LogP contribution is -2.41. The monoisotopic (exact) mass is 277 g/mol. The number of hydrogen-bond donors (Lipinski definition) is 1. The molecule has 2 rings (SSSR count). The molecule has 0 radical (unpaired) electrons. The second-order valence-corrected chi connectivity index (χ2v) is 8.24. The molecule has 19 heavy (non-hydrogen) atoms. The molecule has 3 unspecified atom stereocenters. The van der Waals surface area contributed by atoms with Gasteiger partial charge in [-0.3, -0.25) is 0 Å². The molecule has 0 saturated heterocycles. The summed E-state index contributed by atoms with van der Waals surface area (Å²) in [7, 11) is 0. The summed E-state index contributed by atoms with van der Waals surface area (Å²) >= 11 is 1.99. The van der Waals surface area contributed by atoms with Crippen molar-refractivity contribution in [2.75, 3.05) is 0 Å². The second-order valence-electron chi connectivity index (χ2n) is 6.96. The largest absolute Gasteiger partial charge is 0.327 e. The molecule has 1 fully saturated rings. The Kier molecular flexibility index (Phi) is 4.62. The molecule has 0 amide bonds. The zero-order valence-corrected chi connectivity index (χ0v) is 13.5. The molecule has 106 valence electrons. The summed E-state index contributed by atoms with van der Waals surface area (Å²) in [5, 5.41) is 0.569. The Hall–Kier alpha value is -0.470. The molecule has 0 bridgehead atoms. The first-order valence-electron chi connectivity index (χ1n) is 7.36. The van der Waals surface area contributed by atoms with E-state index in [1.165, 1.54) is 29.7 Å². The van der Waals surface area contributed by atoms with E-state index in [4.69, 9.17) is 5.73 Å². The van der Waals surface area contributed by atoms with Gasteiger partial charge in [0.1, 0.15) is 0 Å². The Bertz CT molecular complexity index is 422. The molecular formula is C17H27NS. The summed E-state index contributed by atoms with van der Waals surface area (Å²) in [5.41, 5.74) is 8.14. The molecule has 2 N–H and O–H groups in total. The molecule has 2 heteroatoms. The average molecular weight is 277 g/mol. The first-order chi connectivity index (χ1) is 8.88. The first kappa shape index (κ1) is 14.9. The van der Waals surface area contributed by atoms with E-state index in [2.05, 4.69) is 52.0 Å². The van der Waals surface area contributed by atoms with Crippen molar-refractivity contribution in [2.24, 2.45) is 17.1 Å². The van der Waals surface area contributed by atoms with Crippen LogP contribution in [0.25, 0.3) is 0 Å². The quantitative estimate of drug-likeness (QED) is 0.853. The fourth-order valence-corrected chi connectivity index (χ4v) is 4.30. The number of aryl methyl sites for hydroxylation is 1. The summed E-state index contributed by atoms with van der Waals surface area (Å²) in [6.07, 6.45) is 3.71. The van der Waals surface area contributed by atoms with Crippen LogP contribution in [0.3, 0.4) is 0 Å². The van der Waals surface area contributed by atoms with E-state index in [0.717, 1.165) is 5.92 Å². The van der Waals surface area contributed by atoms with Gasteiger partial charge in [0, 0.05) is 16.2 Å². The summed E-state index contributed by atoms with van der Waals surface area (Å²) in [5.74, 6) is 0.800. The maximum Gasteiger partial charge on any atom is 0.0249 e. The van der Waals surface area contributed by atoms with Crippen LogP contribution in [0.2, 0.25) is 0 Å². The minimum absolute atomic E-state index is 0.350. The number of benzene rings is 1. The van der Waals surface area contributed by atoms with Gasteiger partial charge in [-0.15, -0.1) is 11.8 Å². The molecule has 3 atom stereocenters. The zero-order valence-electron chi connectivity index (χ0n) is 12.6. The Morgan fingerprint density at radius 3 is 2.47 bits per heavy atom. The van der Waals surface area contributed by atoms with Gasteiger partial charge in [0.15, 0.2) is 0 Å². The lowest BCUT2D eigenvalue weighted by molar-refractivity contribution is 0.174. The van der Waals surface area contributed by atoms with Crippen molar-refractivity contribution in [3.63, 3.8) is 0 Å². The molecule has 0 spiro atoms. The van der Waals surface area contributed by atoms with Gasteiger partial charge in [0.25, 0.3) is 0 Å². The van der Waals surface area contributed by atoms with E-state index in [-0.39, 0.29) is 0 Å². The first-order valence-corrected chi connectivity index (χ1v) is 8.24. The Morgan fingerprint density at radius 2 is 1.84 bits per heavy atom. The fourth-order valence-electron chi connectivity index (χ4n) is 2.93. The van der Waals surface area contributed by atoms with Crippen molar-refractivity contribution >= 4 is 11.8 Å². The van der Waals surface area contributed by atoms with Crippen LogP contribution in [0.4, 0.5) is 0 Å². The predicted octanol–water partition coefficient (Wildman–Crippen LogP) is 4.63. The molecule has 0 aromatic heterocycles. The standard InChI is InChI=1S/C17H27NS/c1-12-7-5-6-8-15(12)19-16-11-13(17(2,3)4)9-10-14(16)18/h5-8,13-14,16H,9-11,18H2,1-4H3. The number of nitrogens with two attached hydrogens (primary N) is 1. The van der Waals surface area contributed by atoms with Crippen molar-refractivity contribution in [2.45, 2.75) is 63.1 Å². The molecule has 0 heterocycles. The highest BCUT2D eigenvalue weighted by Gasteiger charge is 2.34.